The largest absolute Gasteiger partial charge is 0.462 e. The molecule has 1 atom stereocenters. The fourth-order valence-electron chi connectivity index (χ4n) is 10.6. The van der Waals surface area contributed by atoms with Gasteiger partial charge in [-0.3, -0.25) is 14.4 Å². The zero-order chi connectivity index (χ0) is 54.3. The van der Waals surface area contributed by atoms with Gasteiger partial charge in [0.2, 0.25) is 0 Å². The smallest absolute Gasteiger partial charge is 0.306 e. The normalized spacial score (nSPS) is 12.0. The average Bonchev–Trinajstić information content (AvgIpc) is 3.41. The number of hydrogen-bond acceptors (Lipinski definition) is 6. The van der Waals surface area contributed by atoms with Crippen molar-refractivity contribution in [2.75, 3.05) is 13.2 Å². The molecule has 0 saturated carbocycles. The second kappa shape index (κ2) is 64.7. The van der Waals surface area contributed by atoms with Crippen LogP contribution in [-0.4, -0.2) is 37.2 Å². The van der Waals surface area contributed by atoms with E-state index in [1.54, 1.807) is 0 Å². The molecule has 0 amide bonds. The van der Waals surface area contributed by atoms with Gasteiger partial charge in [0.1, 0.15) is 13.2 Å². The molecule has 0 N–H and O–H groups in total. The molecule has 0 aromatic heterocycles. The maximum absolute atomic E-state index is 12.9. The van der Waals surface area contributed by atoms with E-state index >= 15 is 0 Å². The number of carbonyl (C=O) groups is 3. The van der Waals surface area contributed by atoms with Gasteiger partial charge in [-0.2, -0.15) is 0 Å². The number of rotatable bonds is 64. The number of esters is 3. The molecule has 0 spiro atoms. The lowest BCUT2D eigenvalue weighted by molar-refractivity contribution is -0.167. The third kappa shape index (κ3) is 62.9. The van der Waals surface area contributed by atoms with Gasteiger partial charge in [-0.25, -0.2) is 0 Å². The Morgan fingerprint density at radius 1 is 0.253 bits per heavy atom. The molecule has 0 aromatic rings. The summed E-state index contributed by atoms with van der Waals surface area (Å²) in [5, 5.41) is 0. The summed E-state index contributed by atoms with van der Waals surface area (Å²) in [6.45, 7) is 6.66. The minimum absolute atomic E-state index is 0.0661. The van der Waals surface area contributed by atoms with E-state index < -0.39 is 6.10 Å². The minimum atomic E-state index is -0.769. The molecule has 1 unspecified atom stereocenters. The quantitative estimate of drug-likeness (QED) is 0.0261. The summed E-state index contributed by atoms with van der Waals surface area (Å²) in [5.41, 5.74) is 0. The molecule has 0 heterocycles. The van der Waals surface area contributed by atoms with E-state index in [-0.39, 0.29) is 31.1 Å². The first-order valence-corrected chi connectivity index (χ1v) is 34.2. The Bertz CT molecular complexity index is 1170. The number of carbonyl (C=O) groups excluding carboxylic acids is 3. The molecule has 6 nitrogen and oxygen atoms in total. The minimum Gasteiger partial charge on any atom is -0.462 e. The van der Waals surface area contributed by atoms with Crippen molar-refractivity contribution in [3.63, 3.8) is 0 Å². The Morgan fingerprint density at radius 3 is 0.720 bits per heavy atom. The molecular weight excluding hydrogens is 925 g/mol. The Balaban J connectivity index is 4.13. The molecule has 0 saturated heterocycles. The van der Waals surface area contributed by atoms with Gasteiger partial charge in [-0.05, 0) is 38.5 Å². The predicted octanol–water partition coefficient (Wildman–Crippen LogP) is 23.2. The molecule has 0 rings (SSSR count). The van der Waals surface area contributed by atoms with E-state index in [4.69, 9.17) is 14.2 Å². The molecule has 0 aliphatic carbocycles. The first-order valence-electron chi connectivity index (χ1n) is 34.2. The van der Waals surface area contributed by atoms with Crippen molar-refractivity contribution < 1.29 is 28.6 Å². The molecule has 75 heavy (non-hydrogen) atoms. The van der Waals surface area contributed by atoms with Crippen LogP contribution in [0, 0.1) is 0 Å². The van der Waals surface area contributed by atoms with Crippen LogP contribution in [0.25, 0.3) is 0 Å². The van der Waals surface area contributed by atoms with Gasteiger partial charge < -0.3 is 14.2 Å². The van der Waals surface area contributed by atoms with Crippen LogP contribution in [0.3, 0.4) is 0 Å². The van der Waals surface area contributed by atoms with Crippen molar-refractivity contribution in [3.05, 3.63) is 12.2 Å². The summed E-state index contributed by atoms with van der Waals surface area (Å²) in [6.07, 6.45) is 76.8. The number of unbranched alkanes of at least 4 members (excludes halogenated alkanes) is 51. The van der Waals surface area contributed by atoms with Crippen LogP contribution in [0.1, 0.15) is 393 Å². The standard InChI is InChI=1S/C69H132O6/c1-4-7-10-13-16-19-22-24-26-28-30-32-34-36-37-39-41-43-45-47-50-53-56-59-62-68(71)74-65-66(64-73-67(70)61-58-55-52-49-21-18-15-12-9-6-3)75-69(72)63-60-57-54-51-48-46-44-42-40-38-35-33-31-29-27-25-23-20-17-14-11-8-5-2/h12,15,66H,4-11,13-14,16-65H2,1-3H3/b15-12-. The maximum Gasteiger partial charge on any atom is 0.306 e. The highest BCUT2D eigenvalue weighted by Gasteiger charge is 2.19. The summed E-state index contributed by atoms with van der Waals surface area (Å²) in [6, 6.07) is 0. The van der Waals surface area contributed by atoms with E-state index in [9.17, 15) is 14.4 Å². The van der Waals surface area contributed by atoms with Crippen LogP contribution < -0.4 is 0 Å². The zero-order valence-electron chi connectivity index (χ0n) is 51.1. The topological polar surface area (TPSA) is 78.9 Å². The lowest BCUT2D eigenvalue weighted by Gasteiger charge is -2.18. The average molecular weight is 1060 g/mol. The van der Waals surface area contributed by atoms with E-state index in [1.165, 1.54) is 283 Å². The molecular formula is C69H132O6. The Morgan fingerprint density at radius 2 is 0.467 bits per heavy atom. The highest BCUT2D eigenvalue weighted by Crippen LogP contribution is 2.19. The fourth-order valence-corrected chi connectivity index (χ4v) is 10.6. The molecule has 0 aromatic carbocycles. The van der Waals surface area contributed by atoms with Crippen molar-refractivity contribution in [2.24, 2.45) is 0 Å². The van der Waals surface area contributed by atoms with Crippen LogP contribution in [0.5, 0.6) is 0 Å². The molecule has 0 fully saturated rings. The third-order valence-electron chi connectivity index (χ3n) is 15.8. The van der Waals surface area contributed by atoms with Gasteiger partial charge in [0.15, 0.2) is 6.10 Å². The number of ether oxygens (including phenoxy) is 3. The molecule has 0 aliphatic rings. The predicted molar refractivity (Wildman–Crippen MR) is 326 cm³/mol. The Hall–Kier alpha value is -1.85. The summed E-state index contributed by atoms with van der Waals surface area (Å²) >= 11 is 0. The molecule has 0 radical (unpaired) electrons. The van der Waals surface area contributed by atoms with Gasteiger partial charge in [0, 0.05) is 19.3 Å². The van der Waals surface area contributed by atoms with Gasteiger partial charge in [-0.1, -0.05) is 348 Å². The van der Waals surface area contributed by atoms with Gasteiger partial charge in [0.25, 0.3) is 0 Å². The van der Waals surface area contributed by atoms with Gasteiger partial charge >= 0.3 is 17.9 Å². The molecule has 6 heteroatoms. The summed E-state index contributed by atoms with van der Waals surface area (Å²) in [7, 11) is 0. The van der Waals surface area contributed by atoms with Crippen molar-refractivity contribution in [1.29, 1.82) is 0 Å². The number of allylic oxidation sites excluding steroid dienone is 2. The summed E-state index contributed by atoms with van der Waals surface area (Å²) in [4.78, 5) is 38.3. The van der Waals surface area contributed by atoms with E-state index in [1.807, 2.05) is 0 Å². The monoisotopic (exact) mass is 1060 g/mol. The first kappa shape index (κ1) is 73.2. The van der Waals surface area contributed by atoms with Crippen LogP contribution in [-0.2, 0) is 28.6 Å². The van der Waals surface area contributed by atoms with E-state index in [0.29, 0.717) is 19.3 Å². The number of hydrogen-bond donors (Lipinski definition) is 0. The Labute approximate surface area is 469 Å². The van der Waals surface area contributed by atoms with Crippen LogP contribution in [0.15, 0.2) is 12.2 Å². The highest BCUT2D eigenvalue weighted by molar-refractivity contribution is 5.71. The molecule has 0 bridgehead atoms. The van der Waals surface area contributed by atoms with Crippen molar-refractivity contribution in [3.8, 4) is 0 Å². The van der Waals surface area contributed by atoms with Crippen LogP contribution in [0.2, 0.25) is 0 Å². The SMILES string of the molecule is CCC/C=C\CCCCCCCC(=O)OCC(COC(=O)CCCCCCCCCCCCCCCCCCCCCCCCCC)OC(=O)CCCCCCCCCCCCCCCCCCCCCCCCC. The first-order chi connectivity index (χ1) is 37.0. The summed E-state index contributed by atoms with van der Waals surface area (Å²) < 4.78 is 16.9. The Kier molecular flexibility index (Phi) is 63.1. The summed E-state index contributed by atoms with van der Waals surface area (Å²) in [5.74, 6) is -0.845. The van der Waals surface area contributed by atoms with Crippen LogP contribution in [0.4, 0.5) is 0 Å². The van der Waals surface area contributed by atoms with E-state index in [2.05, 4.69) is 32.9 Å². The lowest BCUT2D eigenvalue weighted by Crippen LogP contribution is -2.30. The van der Waals surface area contributed by atoms with Crippen molar-refractivity contribution in [1.82, 2.24) is 0 Å². The lowest BCUT2D eigenvalue weighted by atomic mass is 10.0. The third-order valence-corrected chi connectivity index (χ3v) is 15.8. The second-order valence-corrected chi connectivity index (χ2v) is 23.5. The molecule has 444 valence electrons. The molecule has 0 aliphatic heterocycles. The van der Waals surface area contributed by atoms with Crippen molar-refractivity contribution >= 4 is 17.9 Å². The van der Waals surface area contributed by atoms with Crippen molar-refractivity contribution in [2.45, 2.75) is 399 Å². The van der Waals surface area contributed by atoms with E-state index in [0.717, 1.165) is 70.6 Å². The highest BCUT2D eigenvalue weighted by atomic mass is 16.6. The van der Waals surface area contributed by atoms with Crippen LogP contribution >= 0.6 is 0 Å². The van der Waals surface area contributed by atoms with Gasteiger partial charge in [-0.15, -0.1) is 0 Å². The van der Waals surface area contributed by atoms with Gasteiger partial charge in [0.05, 0.1) is 0 Å². The zero-order valence-corrected chi connectivity index (χ0v) is 51.1. The fraction of sp³-hybridized carbons (Fsp3) is 0.928. The maximum atomic E-state index is 12.9. The second-order valence-electron chi connectivity index (χ2n) is 23.5.